The van der Waals surface area contributed by atoms with Gasteiger partial charge >= 0.3 is 17.9 Å². The van der Waals surface area contributed by atoms with E-state index in [1.165, 1.54) is 4.68 Å². The highest BCUT2D eigenvalue weighted by molar-refractivity contribution is 5.68. The highest BCUT2D eigenvalue weighted by Gasteiger charge is 2.53. The summed E-state index contributed by atoms with van der Waals surface area (Å²) >= 11 is 0. The summed E-state index contributed by atoms with van der Waals surface area (Å²) in [5, 5.41) is 22.0. The van der Waals surface area contributed by atoms with Crippen molar-refractivity contribution in [3.8, 4) is 0 Å². The first kappa shape index (κ1) is 22.3. The van der Waals surface area contributed by atoms with E-state index in [4.69, 9.17) is 18.9 Å². The fraction of sp³-hybridized carbons (Fsp3) is 0.474. The lowest BCUT2D eigenvalue weighted by molar-refractivity contribution is -0.295. The van der Waals surface area contributed by atoms with Gasteiger partial charge in [0.15, 0.2) is 36.5 Å². The van der Waals surface area contributed by atoms with Crippen LogP contribution in [0, 0.1) is 0 Å². The lowest BCUT2D eigenvalue weighted by Crippen LogP contribution is -2.58. The predicted octanol–water partition coefficient (Wildman–Crippen LogP) is -0.0938. The van der Waals surface area contributed by atoms with E-state index >= 15 is 0 Å². The van der Waals surface area contributed by atoms with E-state index in [1.54, 1.807) is 0 Å². The Morgan fingerprint density at radius 1 is 0.968 bits per heavy atom. The molecule has 3 rings (SSSR count). The second-order valence-electron chi connectivity index (χ2n) is 6.85. The highest BCUT2D eigenvalue weighted by Crippen LogP contribution is 2.35. The van der Waals surface area contributed by atoms with Gasteiger partial charge in [-0.2, -0.15) is 0 Å². The van der Waals surface area contributed by atoms with E-state index in [0.29, 0.717) is 0 Å². The van der Waals surface area contributed by atoms with Crippen molar-refractivity contribution in [3.05, 3.63) is 41.7 Å². The summed E-state index contributed by atoms with van der Waals surface area (Å²) in [4.78, 5) is 35.0. The molecule has 0 amide bonds. The third-order valence-corrected chi connectivity index (χ3v) is 4.41. The van der Waals surface area contributed by atoms with Crippen molar-refractivity contribution >= 4 is 17.9 Å². The Labute approximate surface area is 177 Å². The molecule has 0 spiro atoms. The Morgan fingerprint density at radius 2 is 1.55 bits per heavy atom. The van der Waals surface area contributed by atoms with E-state index in [0.717, 1.165) is 26.3 Å². The van der Waals surface area contributed by atoms with Crippen molar-refractivity contribution < 1.29 is 38.4 Å². The van der Waals surface area contributed by atoms with Gasteiger partial charge in [-0.05, 0) is 16.0 Å². The van der Waals surface area contributed by atoms with Crippen LogP contribution in [-0.4, -0.2) is 67.8 Å². The van der Waals surface area contributed by atoms with Crippen LogP contribution in [0.3, 0.4) is 0 Å². The van der Waals surface area contributed by atoms with Crippen LogP contribution in [0.2, 0.25) is 0 Å². The molecule has 12 nitrogen and oxygen atoms in total. The van der Waals surface area contributed by atoms with Gasteiger partial charge in [0.2, 0.25) is 0 Å². The second-order valence-corrected chi connectivity index (χ2v) is 6.85. The SMILES string of the molecule is CC(=O)O[C@@H]1[C@@H](OC(C)=O)[C@@H](O)O[C@H](c2nnnn2Cc2ccccc2)[C@H]1OC(C)=O. The molecule has 1 aliphatic heterocycles. The van der Waals surface area contributed by atoms with Crippen LogP contribution in [0.1, 0.15) is 38.3 Å². The molecule has 0 bridgehead atoms. The van der Waals surface area contributed by atoms with E-state index in [-0.39, 0.29) is 12.4 Å². The number of carbonyl (C=O) groups excluding carboxylic acids is 3. The predicted molar refractivity (Wildman–Crippen MR) is 99.9 cm³/mol. The zero-order valence-electron chi connectivity index (χ0n) is 17.1. The van der Waals surface area contributed by atoms with Crippen LogP contribution in [0.4, 0.5) is 0 Å². The van der Waals surface area contributed by atoms with Crippen molar-refractivity contribution in [2.24, 2.45) is 0 Å². The molecule has 12 heteroatoms. The van der Waals surface area contributed by atoms with E-state index in [2.05, 4.69) is 15.5 Å². The maximum atomic E-state index is 11.8. The maximum Gasteiger partial charge on any atom is 0.303 e. The third kappa shape index (κ3) is 5.41. The molecule has 1 aromatic heterocycles. The normalized spacial score (nSPS) is 25.5. The van der Waals surface area contributed by atoms with Gasteiger partial charge in [0.05, 0.1) is 6.54 Å². The van der Waals surface area contributed by atoms with E-state index < -0.39 is 48.6 Å². The molecule has 0 unspecified atom stereocenters. The van der Waals surface area contributed by atoms with Gasteiger partial charge in [0.25, 0.3) is 0 Å². The summed E-state index contributed by atoms with van der Waals surface area (Å²) in [5.74, 6) is -2.09. The van der Waals surface area contributed by atoms with Gasteiger partial charge in [-0.3, -0.25) is 14.4 Å². The number of tetrazole rings is 1. The molecule has 1 fully saturated rings. The largest absolute Gasteiger partial charge is 0.455 e. The Kier molecular flexibility index (Phi) is 6.92. The Bertz CT molecular complexity index is 934. The van der Waals surface area contributed by atoms with Crippen molar-refractivity contribution in [2.75, 3.05) is 0 Å². The monoisotopic (exact) mass is 434 g/mol. The van der Waals surface area contributed by atoms with E-state index in [1.807, 2.05) is 30.3 Å². The number of benzene rings is 1. The quantitative estimate of drug-likeness (QED) is 0.479. The molecule has 31 heavy (non-hydrogen) atoms. The molecule has 0 radical (unpaired) electrons. The molecule has 0 saturated carbocycles. The third-order valence-electron chi connectivity index (χ3n) is 4.41. The summed E-state index contributed by atoms with van der Waals surface area (Å²) in [6, 6.07) is 9.29. The molecule has 2 aromatic rings. The second kappa shape index (κ2) is 9.62. The van der Waals surface area contributed by atoms with Crippen molar-refractivity contribution in [1.82, 2.24) is 20.2 Å². The number of aliphatic hydroxyl groups is 1. The number of aromatic nitrogens is 4. The summed E-state index contributed by atoms with van der Waals surface area (Å²) in [6.07, 6.45) is -7.00. The van der Waals surface area contributed by atoms with Gasteiger partial charge in [-0.25, -0.2) is 4.68 Å². The molecule has 5 atom stereocenters. The van der Waals surface area contributed by atoms with Crippen LogP contribution in [0.15, 0.2) is 30.3 Å². The topological polar surface area (TPSA) is 152 Å². The molecule has 1 saturated heterocycles. The molecule has 1 aromatic carbocycles. The van der Waals surface area contributed by atoms with Crippen LogP contribution >= 0.6 is 0 Å². The van der Waals surface area contributed by atoms with Crippen LogP contribution < -0.4 is 0 Å². The molecule has 166 valence electrons. The van der Waals surface area contributed by atoms with Crippen molar-refractivity contribution in [1.29, 1.82) is 0 Å². The molecule has 0 aliphatic carbocycles. The van der Waals surface area contributed by atoms with Crippen molar-refractivity contribution in [2.45, 2.75) is 58.0 Å². The Hall–Kier alpha value is -3.38. The lowest BCUT2D eigenvalue weighted by atomic mass is 9.97. The minimum absolute atomic E-state index is 0.118. The minimum atomic E-state index is -1.70. The van der Waals surface area contributed by atoms with Gasteiger partial charge in [-0.1, -0.05) is 30.3 Å². The number of hydrogen-bond donors (Lipinski definition) is 1. The minimum Gasteiger partial charge on any atom is -0.455 e. The molecule has 2 heterocycles. The van der Waals surface area contributed by atoms with Crippen molar-refractivity contribution in [3.63, 3.8) is 0 Å². The first-order chi connectivity index (χ1) is 14.8. The standard InChI is InChI=1S/C19H22N4O8/c1-10(24)28-14-15(29-11(2)25)17(30-12(3)26)19(27)31-16(14)18-20-21-22-23(18)9-13-7-5-4-6-8-13/h4-8,14-17,19,27H,9H2,1-3H3/t14-,15-,16-,17+,19-/m0/s1. The lowest BCUT2D eigenvalue weighted by Gasteiger charge is -2.42. The Morgan fingerprint density at radius 3 is 2.16 bits per heavy atom. The number of esters is 3. The zero-order valence-corrected chi connectivity index (χ0v) is 17.1. The fourth-order valence-electron chi connectivity index (χ4n) is 3.28. The number of aliphatic hydroxyl groups excluding tert-OH is 1. The first-order valence-electron chi connectivity index (χ1n) is 9.41. The van der Waals surface area contributed by atoms with Gasteiger partial charge < -0.3 is 24.1 Å². The van der Waals surface area contributed by atoms with Crippen LogP contribution in [0.5, 0.6) is 0 Å². The number of hydrogen-bond acceptors (Lipinski definition) is 11. The molecule has 1 N–H and O–H groups in total. The van der Waals surface area contributed by atoms with E-state index in [9.17, 15) is 19.5 Å². The fourth-order valence-corrected chi connectivity index (χ4v) is 3.28. The number of rotatable bonds is 6. The summed E-state index contributed by atoms with van der Waals surface area (Å²) in [7, 11) is 0. The van der Waals surface area contributed by atoms with Crippen LogP contribution in [-0.2, 0) is 39.9 Å². The molecular formula is C19H22N4O8. The highest BCUT2D eigenvalue weighted by atomic mass is 16.7. The summed E-state index contributed by atoms with van der Waals surface area (Å²) in [6.45, 7) is 3.66. The number of ether oxygens (including phenoxy) is 4. The Balaban J connectivity index is 1.98. The summed E-state index contributed by atoms with van der Waals surface area (Å²) < 4.78 is 22.7. The maximum absolute atomic E-state index is 11.8. The number of nitrogens with zero attached hydrogens (tertiary/aromatic N) is 4. The average Bonchev–Trinajstić information content (AvgIpc) is 3.14. The van der Waals surface area contributed by atoms with Gasteiger partial charge in [0, 0.05) is 20.8 Å². The van der Waals surface area contributed by atoms with Gasteiger partial charge in [-0.15, -0.1) is 5.10 Å². The first-order valence-corrected chi connectivity index (χ1v) is 9.41. The molecule has 1 aliphatic rings. The zero-order chi connectivity index (χ0) is 22.5. The summed E-state index contributed by atoms with van der Waals surface area (Å²) in [5.41, 5.74) is 0.880. The number of carbonyl (C=O) groups is 3. The average molecular weight is 434 g/mol. The van der Waals surface area contributed by atoms with Crippen LogP contribution in [0.25, 0.3) is 0 Å². The van der Waals surface area contributed by atoms with Gasteiger partial charge in [0.1, 0.15) is 0 Å². The smallest absolute Gasteiger partial charge is 0.303 e. The molecular weight excluding hydrogens is 412 g/mol.